The first kappa shape index (κ1) is 9.45. The third-order valence-corrected chi connectivity index (χ3v) is 2.79. The highest BCUT2D eigenvalue weighted by Crippen LogP contribution is 2.19. The molecule has 0 aromatic carbocycles. The number of carbonyl (C=O) groups excluding carboxylic acids is 1. The summed E-state index contributed by atoms with van der Waals surface area (Å²) in [6.07, 6.45) is 3.35. The highest BCUT2D eigenvalue weighted by Gasteiger charge is 2.09. The van der Waals surface area contributed by atoms with Gasteiger partial charge in [-0.1, -0.05) is 0 Å². The van der Waals surface area contributed by atoms with Crippen LogP contribution in [-0.2, 0) is 4.74 Å². The Morgan fingerprint density at radius 2 is 2.43 bits per heavy atom. The van der Waals surface area contributed by atoms with E-state index in [0.29, 0.717) is 5.56 Å². The molecule has 0 aliphatic carbocycles. The van der Waals surface area contributed by atoms with Crippen LogP contribution in [0.3, 0.4) is 0 Å². The van der Waals surface area contributed by atoms with Crippen LogP contribution in [0.5, 0.6) is 0 Å². The van der Waals surface area contributed by atoms with Crippen LogP contribution in [0, 0.1) is 3.57 Å². The predicted molar refractivity (Wildman–Crippen MR) is 60.2 cm³/mol. The van der Waals surface area contributed by atoms with Gasteiger partial charge in [0.1, 0.15) is 5.65 Å². The molecule has 2 aromatic heterocycles. The zero-order valence-corrected chi connectivity index (χ0v) is 9.53. The number of rotatable bonds is 1. The standard InChI is InChI=1S/C9H7IN2O2/c1-14-9(13)5-2-6-7(10)4-12-8(6)11-3-5/h2-4H,1H3,(H,11,12). The van der Waals surface area contributed by atoms with Crippen molar-refractivity contribution < 1.29 is 9.53 Å². The van der Waals surface area contributed by atoms with Gasteiger partial charge in [-0.2, -0.15) is 0 Å². The van der Waals surface area contributed by atoms with Crippen LogP contribution in [-0.4, -0.2) is 23.0 Å². The highest BCUT2D eigenvalue weighted by atomic mass is 127. The zero-order chi connectivity index (χ0) is 10.1. The van der Waals surface area contributed by atoms with Crippen LogP contribution in [0.25, 0.3) is 11.0 Å². The van der Waals surface area contributed by atoms with E-state index in [2.05, 4.69) is 37.3 Å². The number of H-pyrrole nitrogens is 1. The molecule has 0 spiro atoms. The van der Waals surface area contributed by atoms with Crippen molar-refractivity contribution in [1.82, 2.24) is 9.97 Å². The Balaban J connectivity index is 2.60. The first-order valence-electron chi connectivity index (χ1n) is 3.93. The number of nitrogens with one attached hydrogen (secondary N) is 1. The molecular weight excluding hydrogens is 295 g/mol. The highest BCUT2D eigenvalue weighted by molar-refractivity contribution is 14.1. The maximum atomic E-state index is 11.2. The molecule has 2 aromatic rings. The molecule has 0 aliphatic heterocycles. The van der Waals surface area contributed by atoms with Crippen LogP contribution in [0.2, 0.25) is 0 Å². The van der Waals surface area contributed by atoms with Gasteiger partial charge in [-0.05, 0) is 28.7 Å². The fraction of sp³-hybridized carbons (Fsp3) is 0.111. The Hall–Kier alpha value is -1.11. The topological polar surface area (TPSA) is 55.0 Å². The summed E-state index contributed by atoms with van der Waals surface area (Å²) in [4.78, 5) is 18.3. The van der Waals surface area contributed by atoms with E-state index in [1.165, 1.54) is 13.3 Å². The van der Waals surface area contributed by atoms with Gasteiger partial charge in [0, 0.05) is 21.4 Å². The molecule has 1 N–H and O–H groups in total. The van der Waals surface area contributed by atoms with Crippen LogP contribution in [0.4, 0.5) is 0 Å². The Labute approximate surface area is 93.8 Å². The molecule has 4 nitrogen and oxygen atoms in total. The third-order valence-electron chi connectivity index (χ3n) is 1.90. The number of fused-ring (bicyclic) bond motifs is 1. The molecule has 0 aliphatic rings. The van der Waals surface area contributed by atoms with Crippen molar-refractivity contribution >= 4 is 39.6 Å². The maximum Gasteiger partial charge on any atom is 0.339 e. The maximum absolute atomic E-state index is 11.2. The van der Waals surface area contributed by atoms with Gasteiger partial charge in [0.2, 0.25) is 0 Å². The lowest BCUT2D eigenvalue weighted by molar-refractivity contribution is 0.0600. The van der Waals surface area contributed by atoms with Crippen LogP contribution in [0.1, 0.15) is 10.4 Å². The van der Waals surface area contributed by atoms with E-state index < -0.39 is 0 Å². The van der Waals surface area contributed by atoms with E-state index >= 15 is 0 Å². The average molecular weight is 302 g/mol. The van der Waals surface area contributed by atoms with E-state index in [9.17, 15) is 4.79 Å². The van der Waals surface area contributed by atoms with Crippen molar-refractivity contribution in [2.24, 2.45) is 0 Å². The second-order valence-electron chi connectivity index (χ2n) is 2.75. The molecular formula is C9H7IN2O2. The second-order valence-corrected chi connectivity index (χ2v) is 3.91. The summed E-state index contributed by atoms with van der Waals surface area (Å²) in [6.45, 7) is 0. The van der Waals surface area contributed by atoms with Crippen LogP contribution in [0.15, 0.2) is 18.5 Å². The molecule has 0 saturated heterocycles. The average Bonchev–Trinajstić information content (AvgIpc) is 2.59. The summed E-state index contributed by atoms with van der Waals surface area (Å²) in [5.74, 6) is -0.364. The molecule has 2 heterocycles. The fourth-order valence-corrected chi connectivity index (χ4v) is 1.77. The lowest BCUT2D eigenvalue weighted by Gasteiger charge is -1.98. The number of aromatic amines is 1. The Morgan fingerprint density at radius 3 is 3.14 bits per heavy atom. The number of carbonyl (C=O) groups is 1. The van der Waals surface area contributed by atoms with Crippen molar-refractivity contribution in [3.8, 4) is 0 Å². The molecule has 0 bridgehead atoms. The largest absolute Gasteiger partial charge is 0.465 e. The van der Waals surface area contributed by atoms with Gasteiger partial charge < -0.3 is 9.72 Å². The molecule has 0 fully saturated rings. The molecule has 0 atom stereocenters. The Morgan fingerprint density at radius 1 is 1.64 bits per heavy atom. The minimum atomic E-state index is -0.364. The van der Waals surface area contributed by atoms with Crippen LogP contribution < -0.4 is 0 Å². The van der Waals surface area contributed by atoms with E-state index in [4.69, 9.17) is 0 Å². The Kier molecular flexibility index (Phi) is 2.40. The minimum absolute atomic E-state index is 0.364. The summed E-state index contributed by atoms with van der Waals surface area (Å²) in [7, 11) is 1.36. The number of ether oxygens (including phenoxy) is 1. The first-order valence-corrected chi connectivity index (χ1v) is 5.01. The quantitative estimate of drug-likeness (QED) is 0.647. The molecule has 72 valence electrons. The van der Waals surface area contributed by atoms with Gasteiger partial charge in [0.05, 0.1) is 12.7 Å². The SMILES string of the molecule is COC(=O)c1cnc2[nH]cc(I)c2c1. The Bertz CT molecular complexity index is 493. The smallest absolute Gasteiger partial charge is 0.339 e. The summed E-state index contributed by atoms with van der Waals surface area (Å²) in [5.41, 5.74) is 1.25. The lowest BCUT2D eigenvalue weighted by atomic mass is 10.2. The summed E-state index contributed by atoms with van der Waals surface area (Å²) in [5, 5.41) is 0.938. The monoisotopic (exact) mass is 302 g/mol. The molecule has 0 amide bonds. The minimum Gasteiger partial charge on any atom is -0.465 e. The first-order chi connectivity index (χ1) is 6.72. The molecule has 14 heavy (non-hydrogen) atoms. The molecule has 5 heteroatoms. The lowest BCUT2D eigenvalue weighted by Crippen LogP contribution is -2.01. The van der Waals surface area contributed by atoms with Gasteiger partial charge in [-0.25, -0.2) is 9.78 Å². The number of nitrogens with zero attached hydrogens (tertiary/aromatic N) is 1. The molecule has 0 radical (unpaired) electrons. The van der Waals surface area contributed by atoms with E-state index in [1.807, 2.05) is 6.20 Å². The van der Waals surface area contributed by atoms with E-state index in [0.717, 1.165) is 14.6 Å². The van der Waals surface area contributed by atoms with Crippen molar-refractivity contribution in [2.45, 2.75) is 0 Å². The zero-order valence-electron chi connectivity index (χ0n) is 7.37. The summed E-state index contributed by atoms with van der Waals surface area (Å²) >= 11 is 2.18. The van der Waals surface area contributed by atoms with Gasteiger partial charge in [-0.15, -0.1) is 0 Å². The number of pyridine rings is 1. The third kappa shape index (κ3) is 1.47. The molecule has 0 unspecified atom stereocenters. The van der Waals surface area contributed by atoms with E-state index in [-0.39, 0.29) is 5.97 Å². The van der Waals surface area contributed by atoms with Gasteiger partial charge >= 0.3 is 5.97 Å². The number of hydrogen-bond acceptors (Lipinski definition) is 3. The van der Waals surface area contributed by atoms with Crippen molar-refractivity contribution in [3.63, 3.8) is 0 Å². The summed E-state index contributed by atoms with van der Waals surface area (Å²) < 4.78 is 5.65. The predicted octanol–water partition coefficient (Wildman–Crippen LogP) is 1.95. The number of esters is 1. The summed E-state index contributed by atoms with van der Waals surface area (Å²) in [6, 6.07) is 1.77. The van der Waals surface area contributed by atoms with Gasteiger partial charge in [-0.3, -0.25) is 0 Å². The number of aromatic nitrogens is 2. The second kappa shape index (κ2) is 3.56. The number of methoxy groups -OCH3 is 1. The number of halogens is 1. The van der Waals surface area contributed by atoms with Crippen molar-refractivity contribution in [3.05, 3.63) is 27.6 Å². The van der Waals surface area contributed by atoms with Gasteiger partial charge in [0.15, 0.2) is 0 Å². The molecule has 0 saturated carbocycles. The molecule has 2 rings (SSSR count). The fourth-order valence-electron chi connectivity index (χ4n) is 1.20. The normalized spacial score (nSPS) is 10.4. The van der Waals surface area contributed by atoms with Crippen LogP contribution >= 0.6 is 22.6 Å². The van der Waals surface area contributed by atoms with Crippen molar-refractivity contribution in [2.75, 3.05) is 7.11 Å². The van der Waals surface area contributed by atoms with Gasteiger partial charge in [0.25, 0.3) is 0 Å². The van der Waals surface area contributed by atoms with E-state index in [1.54, 1.807) is 6.07 Å². The number of hydrogen-bond donors (Lipinski definition) is 1. The van der Waals surface area contributed by atoms with Crippen molar-refractivity contribution in [1.29, 1.82) is 0 Å².